The van der Waals surface area contributed by atoms with E-state index in [9.17, 15) is 5.11 Å². The van der Waals surface area contributed by atoms with Crippen molar-refractivity contribution in [2.45, 2.75) is 45.6 Å². The molecule has 0 amide bonds. The van der Waals surface area contributed by atoms with Gasteiger partial charge >= 0.3 is 0 Å². The van der Waals surface area contributed by atoms with Gasteiger partial charge in [-0.1, -0.05) is 13.8 Å². The normalized spacial score (nSPS) is 23.8. The van der Waals surface area contributed by atoms with E-state index in [4.69, 9.17) is 5.73 Å². The Morgan fingerprint density at radius 3 is 2.39 bits per heavy atom. The van der Waals surface area contributed by atoms with Crippen molar-refractivity contribution in [3.8, 4) is 0 Å². The fraction of sp³-hybridized carbons (Fsp3) is 0.714. The van der Waals surface area contributed by atoms with Crippen molar-refractivity contribution >= 4 is 27.3 Å². The zero-order chi connectivity index (χ0) is 13.4. The fourth-order valence-corrected chi connectivity index (χ4v) is 4.34. The van der Waals surface area contributed by atoms with Crippen LogP contribution in [0.3, 0.4) is 0 Å². The fourth-order valence-electron chi connectivity index (χ4n) is 2.79. The largest absolute Gasteiger partial charge is 0.387 e. The molecule has 1 fully saturated rings. The maximum Gasteiger partial charge on any atom is 0.0950 e. The lowest BCUT2D eigenvalue weighted by Crippen LogP contribution is -2.41. The standard InChI is InChI=1S/C14H22BrNOS/c1-13(2)5-7-14(9-16,8-6-13)12(17)10-3-4-11(15)18-10/h3-4,12,17H,5-9,16H2,1-2H3. The summed E-state index contributed by atoms with van der Waals surface area (Å²) in [5.74, 6) is 0. The number of hydrogen-bond donors (Lipinski definition) is 2. The molecule has 0 aliphatic heterocycles. The lowest BCUT2D eigenvalue weighted by molar-refractivity contribution is -0.0215. The molecule has 1 aliphatic carbocycles. The van der Waals surface area contributed by atoms with Gasteiger partial charge in [0.2, 0.25) is 0 Å². The second-order valence-corrected chi connectivity index (χ2v) is 8.77. The Labute approximate surface area is 122 Å². The SMILES string of the molecule is CC1(C)CCC(CN)(C(O)c2ccc(Br)s2)CC1. The molecule has 1 saturated carbocycles. The van der Waals surface area contributed by atoms with E-state index in [1.165, 1.54) is 0 Å². The first-order valence-corrected chi connectivity index (χ1v) is 8.13. The van der Waals surface area contributed by atoms with Crippen molar-refractivity contribution in [3.05, 3.63) is 20.8 Å². The predicted octanol–water partition coefficient (Wildman–Crippen LogP) is 4.09. The third kappa shape index (κ3) is 2.82. The van der Waals surface area contributed by atoms with Crippen LogP contribution < -0.4 is 5.73 Å². The molecule has 2 rings (SSSR count). The van der Waals surface area contributed by atoms with Gasteiger partial charge in [0.1, 0.15) is 0 Å². The second-order valence-electron chi connectivity index (χ2n) is 6.28. The molecule has 0 bridgehead atoms. The molecule has 4 heteroatoms. The van der Waals surface area contributed by atoms with Crippen LogP contribution in [0.1, 0.15) is 50.5 Å². The monoisotopic (exact) mass is 331 g/mol. The Hall–Kier alpha value is 0.1000. The molecule has 102 valence electrons. The predicted molar refractivity (Wildman–Crippen MR) is 80.7 cm³/mol. The van der Waals surface area contributed by atoms with Crippen LogP contribution in [-0.4, -0.2) is 11.7 Å². The van der Waals surface area contributed by atoms with Gasteiger partial charge in [-0.15, -0.1) is 11.3 Å². The lowest BCUT2D eigenvalue weighted by Gasteiger charge is -2.45. The summed E-state index contributed by atoms with van der Waals surface area (Å²) in [6.07, 6.45) is 3.91. The topological polar surface area (TPSA) is 46.2 Å². The van der Waals surface area contributed by atoms with Crippen LogP contribution in [0.5, 0.6) is 0 Å². The van der Waals surface area contributed by atoms with Gasteiger partial charge in [0.15, 0.2) is 0 Å². The number of nitrogens with two attached hydrogens (primary N) is 1. The van der Waals surface area contributed by atoms with Crippen LogP contribution in [0.25, 0.3) is 0 Å². The zero-order valence-corrected chi connectivity index (χ0v) is 13.5. The molecule has 2 nitrogen and oxygen atoms in total. The minimum atomic E-state index is -0.421. The van der Waals surface area contributed by atoms with Gasteiger partial charge < -0.3 is 10.8 Å². The number of halogens is 1. The molecule has 1 atom stereocenters. The molecule has 3 N–H and O–H groups in total. The third-order valence-electron chi connectivity index (χ3n) is 4.45. The van der Waals surface area contributed by atoms with Gasteiger partial charge in [-0.2, -0.15) is 0 Å². The van der Waals surface area contributed by atoms with E-state index in [2.05, 4.69) is 29.8 Å². The van der Waals surface area contributed by atoms with Crippen molar-refractivity contribution in [1.82, 2.24) is 0 Å². The van der Waals surface area contributed by atoms with Crippen LogP contribution >= 0.6 is 27.3 Å². The summed E-state index contributed by atoms with van der Waals surface area (Å²) < 4.78 is 1.07. The van der Waals surface area contributed by atoms with Gasteiger partial charge in [0, 0.05) is 16.8 Å². The number of aliphatic hydroxyl groups excluding tert-OH is 1. The Morgan fingerprint density at radius 2 is 1.94 bits per heavy atom. The molecule has 0 spiro atoms. The van der Waals surface area contributed by atoms with E-state index < -0.39 is 6.10 Å². The van der Waals surface area contributed by atoms with Crippen LogP contribution in [0.15, 0.2) is 15.9 Å². The van der Waals surface area contributed by atoms with Gasteiger partial charge in [-0.25, -0.2) is 0 Å². The van der Waals surface area contributed by atoms with Crippen molar-refractivity contribution < 1.29 is 5.11 Å². The van der Waals surface area contributed by atoms with Gasteiger partial charge in [-0.3, -0.25) is 0 Å². The van der Waals surface area contributed by atoms with Crippen LogP contribution in [0, 0.1) is 10.8 Å². The Morgan fingerprint density at radius 1 is 1.33 bits per heavy atom. The summed E-state index contributed by atoms with van der Waals surface area (Å²) in [6, 6.07) is 4.01. The molecule has 1 heterocycles. The average molecular weight is 332 g/mol. The lowest BCUT2D eigenvalue weighted by atomic mass is 9.62. The van der Waals surface area contributed by atoms with Crippen molar-refractivity contribution in [2.75, 3.05) is 6.54 Å². The van der Waals surface area contributed by atoms with E-state index in [0.29, 0.717) is 12.0 Å². The van der Waals surface area contributed by atoms with E-state index in [1.54, 1.807) is 11.3 Å². The minimum absolute atomic E-state index is 0.125. The maximum absolute atomic E-state index is 10.7. The van der Waals surface area contributed by atoms with Crippen molar-refractivity contribution in [1.29, 1.82) is 0 Å². The Bertz CT molecular complexity index is 406. The van der Waals surface area contributed by atoms with Crippen molar-refractivity contribution in [2.24, 2.45) is 16.6 Å². The summed E-state index contributed by atoms with van der Waals surface area (Å²) in [6.45, 7) is 5.18. The molecule has 1 aromatic rings. The van der Waals surface area contributed by atoms with E-state index in [-0.39, 0.29) is 5.41 Å². The Balaban J connectivity index is 2.18. The number of hydrogen-bond acceptors (Lipinski definition) is 3. The van der Waals surface area contributed by atoms with Gasteiger partial charge in [0.05, 0.1) is 9.89 Å². The highest BCUT2D eigenvalue weighted by Crippen LogP contribution is 2.51. The van der Waals surface area contributed by atoms with E-state index >= 15 is 0 Å². The highest BCUT2D eigenvalue weighted by atomic mass is 79.9. The van der Waals surface area contributed by atoms with Crippen LogP contribution in [-0.2, 0) is 0 Å². The van der Waals surface area contributed by atoms with Crippen LogP contribution in [0.4, 0.5) is 0 Å². The first-order chi connectivity index (χ1) is 8.38. The van der Waals surface area contributed by atoms with E-state index in [0.717, 1.165) is 34.3 Å². The molecule has 18 heavy (non-hydrogen) atoms. The average Bonchev–Trinajstić information content (AvgIpc) is 2.76. The summed E-state index contributed by atoms with van der Waals surface area (Å²) in [5.41, 5.74) is 6.28. The molecule has 1 aromatic heterocycles. The molecule has 0 aromatic carbocycles. The highest BCUT2D eigenvalue weighted by molar-refractivity contribution is 9.11. The maximum atomic E-state index is 10.7. The molecule has 1 unspecified atom stereocenters. The molecule has 0 saturated heterocycles. The zero-order valence-electron chi connectivity index (χ0n) is 11.1. The second kappa shape index (κ2) is 5.23. The summed E-state index contributed by atoms with van der Waals surface area (Å²) in [4.78, 5) is 1.03. The Kier molecular flexibility index (Phi) is 4.22. The van der Waals surface area contributed by atoms with E-state index in [1.807, 2.05) is 12.1 Å². The van der Waals surface area contributed by atoms with Crippen molar-refractivity contribution in [3.63, 3.8) is 0 Å². The third-order valence-corrected chi connectivity index (χ3v) is 6.13. The molecule has 0 radical (unpaired) electrons. The minimum Gasteiger partial charge on any atom is -0.387 e. The number of thiophene rings is 1. The molecular formula is C14H22BrNOS. The number of aliphatic hydroxyl groups is 1. The van der Waals surface area contributed by atoms with Gasteiger partial charge in [0.25, 0.3) is 0 Å². The number of rotatable bonds is 3. The highest BCUT2D eigenvalue weighted by Gasteiger charge is 2.43. The summed E-state index contributed by atoms with van der Waals surface area (Å²) in [7, 11) is 0. The quantitative estimate of drug-likeness (QED) is 0.876. The summed E-state index contributed by atoms with van der Waals surface area (Å²) >= 11 is 5.07. The summed E-state index contributed by atoms with van der Waals surface area (Å²) in [5, 5.41) is 10.7. The van der Waals surface area contributed by atoms with Crippen LogP contribution in [0.2, 0.25) is 0 Å². The first-order valence-electron chi connectivity index (χ1n) is 6.52. The van der Waals surface area contributed by atoms with Gasteiger partial charge in [-0.05, 0) is 59.2 Å². The molecular weight excluding hydrogens is 310 g/mol. The smallest absolute Gasteiger partial charge is 0.0950 e. The molecule has 1 aliphatic rings. The first kappa shape index (κ1) is 14.5.